The highest BCUT2D eigenvalue weighted by Gasteiger charge is 2.18. The molecule has 0 fully saturated rings. The Morgan fingerprint density at radius 2 is 1.87 bits per heavy atom. The van der Waals surface area contributed by atoms with Gasteiger partial charge in [-0.1, -0.05) is 12.1 Å². The molecular weight excluding hydrogens is 384 g/mol. The number of anilines is 1. The molecule has 2 aromatic rings. The highest BCUT2D eigenvalue weighted by atomic mass is 79.9. The Bertz CT molecular complexity index is 873. The van der Waals surface area contributed by atoms with Crippen molar-refractivity contribution < 1.29 is 17.9 Å². The van der Waals surface area contributed by atoms with Crippen molar-refractivity contribution in [1.82, 2.24) is 0 Å². The SMILES string of the molecule is CC(C)(C)OC(=O)Nc1ccc2cc(S(N)(=O)=O)ccc2c1Br. The molecule has 0 saturated carbocycles. The van der Waals surface area contributed by atoms with Crippen molar-refractivity contribution in [3.8, 4) is 0 Å². The van der Waals surface area contributed by atoms with Crippen LogP contribution in [0.4, 0.5) is 10.5 Å². The molecule has 0 unspecified atom stereocenters. The van der Waals surface area contributed by atoms with E-state index in [0.29, 0.717) is 15.5 Å². The van der Waals surface area contributed by atoms with Gasteiger partial charge in [0.15, 0.2) is 0 Å². The van der Waals surface area contributed by atoms with E-state index in [1.54, 1.807) is 39.0 Å². The van der Waals surface area contributed by atoms with Gasteiger partial charge in [0, 0.05) is 4.47 Å². The quantitative estimate of drug-likeness (QED) is 0.803. The molecule has 0 saturated heterocycles. The predicted molar refractivity (Wildman–Crippen MR) is 92.9 cm³/mol. The van der Waals surface area contributed by atoms with Gasteiger partial charge in [0.05, 0.1) is 10.6 Å². The summed E-state index contributed by atoms with van der Waals surface area (Å²) < 4.78 is 28.6. The monoisotopic (exact) mass is 400 g/mol. The lowest BCUT2D eigenvalue weighted by molar-refractivity contribution is 0.0636. The van der Waals surface area contributed by atoms with E-state index in [1.165, 1.54) is 12.1 Å². The number of ether oxygens (including phenoxy) is 1. The summed E-state index contributed by atoms with van der Waals surface area (Å²) in [7, 11) is -3.76. The number of nitrogens with one attached hydrogen (secondary N) is 1. The van der Waals surface area contributed by atoms with Crippen LogP contribution in [0, 0.1) is 0 Å². The topological polar surface area (TPSA) is 98.5 Å². The van der Waals surface area contributed by atoms with Gasteiger partial charge < -0.3 is 4.74 Å². The largest absolute Gasteiger partial charge is 0.444 e. The minimum Gasteiger partial charge on any atom is -0.444 e. The first-order valence-corrected chi connectivity index (χ1v) is 9.06. The Morgan fingerprint density at radius 1 is 1.22 bits per heavy atom. The van der Waals surface area contributed by atoms with Crippen LogP contribution in [0.2, 0.25) is 0 Å². The third-order valence-corrected chi connectivity index (χ3v) is 4.66. The predicted octanol–water partition coefficient (Wildman–Crippen LogP) is 3.60. The van der Waals surface area contributed by atoms with E-state index in [2.05, 4.69) is 21.2 Å². The smallest absolute Gasteiger partial charge is 0.412 e. The van der Waals surface area contributed by atoms with Gasteiger partial charge in [-0.15, -0.1) is 0 Å². The number of carbonyl (C=O) groups is 1. The van der Waals surface area contributed by atoms with Crippen molar-refractivity contribution in [2.75, 3.05) is 5.32 Å². The zero-order valence-electron chi connectivity index (χ0n) is 12.9. The first kappa shape index (κ1) is 17.7. The molecule has 0 aromatic heterocycles. The molecule has 2 aromatic carbocycles. The van der Waals surface area contributed by atoms with Crippen LogP contribution in [0.25, 0.3) is 10.8 Å². The second kappa shape index (κ2) is 6.10. The Kier molecular flexibility index (Phi) is 4.70. The number of halogens is 1. The molecule has 8 heteroatoms. The van der Waals surface area contributed by atoms with Gasteiger partial charge >= 0.3 is 6.09 Å². The van der Waals surface area contributed by atoms with Gasteiger partial charge in [0.2, 0.25) is 10.0 Å². The number of hydrogen-bond acceptors (Lipinski definition) is 4. The molecule has 0 aliphatic heterocycles. The van der Waals surface area contributed by atoms with Crippen molar-refractivity contribution >= 4 is 48.5 Å². The fourth-order valence-electron chi connectivity index (χ4n) is 1.96. The Balaban J connectivity index is 2.38. The second-order valence-corrected chi connectivity index (χ2v) is 8.34. The first-order valence-electron chi connectivity index (χ1n) is 6.72. The lowest BCUT2D eigenvalue weighted by Gasteiger charge is -2.20. The normalized spacial score (nSPS) is 12.2. The summed E-state index contributed by atoms with van der Waals surface area (Å²) in [6.45, 7) is 5.32. The van der Waals surface area contributed by atoms with E-state index >= 15 is 0 Å². The number of rotatable bonds is 2. The molecule has 3 N–H and O–H groups in total. The van der Waals surface area contributed by atoms with Gasteiger partial charge in [-0.25, -0.2) is 18.4 Å². The molecule has 0 aliphatic rings. The van der Waals surface area contributed by atoms with Crippen LogP contribution in [0.5, 0.6) is 0 Å². The van der Waals surface area contributed by atoms with Gasteiger partial charge in [-0.2, -0.15) is 0 Å². The van der Waals surface area contributed by atoms with Gasteiger partial charge in [-0.05, 0) is 65.7 Å². The molecule has 1 amide bonds. The lowest BCUT2D eigenvalue weighted by Crippen LogP contribution is -2.27. The summed E-state index contributed by atoms with van der Waals surface area (Å²) in [5.74, 6) is 0. The zero-order chi connectivity index (χ0) is 17.4. The van der Waals surface area contributed by atoms with Crippen LogP contribution >= 0.6 is 15.9 Å². The average molecular weight is 401 g/mol. The molecule has 0 bridgehead atoms. The van der Waals surface area contributed by atoms with Crippen molar-refractivity contribution in [2.24, 2.45) is 5.14 Å². The molecule has 0 heterocycles. The van der Waals surface area contributed by atoms with Gasteiger partial charge in [-0.3, -0.25) is 5.32 Å². The summed E-state index contributed by atoms with van der Waals surface area (Å²) in [4.78, 5) is 11.9. The van der Waals surface area contributed by atoms with Crippen molar-refractivity contribution in [3.63, 3.8) is 0 Å². The van der Waals surface area contributed by atoms with Crippen LogP contribution in [-0.2, 0) is 14.8 Å². The Morgan fingerprint density at radius 3 is 2.43 bits per heavy atom. The number of primary sulfonamides is 1. The van der Waals surface area contributed by atoms with E-state index in [4.69, 9.17) is 9.88 Å². The van der Waals surface area contributed by atoms with Crippen molar-refractivity contribution in [2.45, 2.75) is 31.3 Å². The van der Waals surface area contributed by atoms with Crippen LogP contribution < -0.4 is 10.5 Å². The van der Waals surface area contributed by atoms with E-state index in [9.17, 15) is 13.2 Å². The molecule has 2 rings (SSSR count). The number of carbonyl (C=O) groups excluding carboxylic acids is 1. The number of sulfonamides is 1. The maximum atomic E-state index is 11.9. The third kappa shape index (κ3) is 4.43. The minimum atomic E-state index is -3.76. The summed E-state index contributed by atoms with van der Waals surface area (Å²) in [6.07, 6.45) is -0.571. The molecular formula is C15H17BrN2O4S. The molecule has 0 radical (unpaired) electrons. The molecule has 0 spiro atoms. The Labute approximate surface area is 143 Å². The standard InChI is InChI=1S/C15H17BrN2O4S/c1-15(2,3)22-14(19)18-12-7-4-9-8-10(23(17,20)21)5-6-11(9)13(12)16/h4-8H,1-3H3,(H,18,19)(H2,17,20,21). The average Bonchev–Trinajstić information content (AvgIpc) is 2.38. The fraction of sp³-hybridized carbons (Fsp3) is 0.267. The Hall–Kier alpha value is -1.64. The highest BCUT2D eigenvalue weighted by molar-refractivity contribution is 9.10. The second-order valence-electron chi connectivity index (χ2n) is 5.98. The third-order valence-electron chi connectivity index (χ3n) is 2.89. The molecule has 0 aliphatic carbocycles. The molecule has 0 atom stereocenters. The van der Waals surface area contributed by atoms with E-state index in [0.717, 1.165) is 5.39 Å². The van der Waals surface area contributed by atoms with Crippen LogP contribution in [0.1, 0.15) is 20.8 Å². The van der Waals surface area contributed by atoms with Gasteiger partial charge in [0.25, 0.3) is 0 Å². The van der Waals surface area contributed by atoms with Crippen LogP contribution in [0.15, 0.2) is 39.7 Å². The van der Waals surface area contributed by atoms with Gasteiger partial charge in [0.1, 0.15) is 5.60 Å². The minimum absolute atomic E-state index is 0.0322. The molecule has 23 heavy (non-hydrogen) atoms. The maximum absolute atomic E-state index is 11.9. The lowest BCUT2D eigenvalue weighted by atomic mass is 10.1. The van der Waals surface area contributed by atoms with E-state index < -0.39 is 21.7 Å². The highest BCUT2D eigenvalue weighted by Crippen LogP contribution is 2.32. The maximum Gasteiger partial charge on any atom is 0.412 e. The van der Waals surface area contributed by atoms with Crippen molar-refractivity contribution in [1.29, 1.82) is 0 Å². The van der Waals surface area contributed by atoms with Crippen molar-refractivity contribution in [3.05, 3.63) is 34.8 Å². The number of hydrogen-bond donors (Lipinski definition) is 2. The summed E-state index contributed by atoms with van der Waals surface area (Å²) >= 11 is 3.41. The first-order chi connectivity index (χ1) is 10.5. The van der Waals surface area contributed by atoms with E-state index in [1.807, 2.05) is 0 Å². The van der Waals surface area contributed by atoms with Crippen LogP contribution in [0.3, 0.4) is 0 Å². The summed E-state index contributed by atoms with van der Waals surface area (Å²) in [6, 6.07) is 7.87. The fourth-order valence-corrected chi connectivity index (χ4v) is 3.10. The summed E-state index contributed by atoms with van der Waals surface area (Å²) in [5, 5.41) is 9.20. The molecule has 6 nitrogen and oxygen atoms in total. The number of benzene rings is 2. The molecule has 124 valence electrons. The summed E-state index contributed by atoms with van der Waals surface area (Å²) in [5.41, 5.74) is -0.0762. The zero-order valence-corrected chi connectivity index (χ0v) is 15.3. The number of fused-ring (bicyclic) bond motifs is 1. The van der Waals surface area contributed by atoms with E-state index in [-0.39, 0.29) is 4.90 Å². The van der Waals surface area contributed by atoms with Crippen LogP contribution in [-0.4, -0.2) is 20.1 Å². The number of nitrogens with two attached hydrogens (primary N) is 1. The number of amides is 1.